The average Bonchev–Trinajstić information content (AvgIpc) is 2.38. The van der Waals surface area contributed by atoms with E-state index in [1.807, 2.05) is 0 Å². The zero-order valence-electron chi connectivity index (χ0n) is 11.8. The fourth-order valence-corrected chi connectivity index (χ4v) is 2.59. The Hall–Kier alpha value is -2.11. The summed E-state index contributed by atoms with van der Waals surface area (Å²) in [6.45, 7) is 5.25. The van der Waals surface area contributed by atoms with E-state index in [0.717, 1.165) is 31.6 Å². The van der Waals surface area contributed by atoms with Crippen molar-refractivity contribution in [3.8, 4) is 0 Å². The molecule has 1 heterocycles. The maximum Gasteiger partial charge on any atom is 0.269 e. The van der Waals surface area contributed by atoms with E-state index in [0.29, 0.717) is 0 Å². The van der Waals surface area contributed by atoms with Gasteiger partial charge in [0.1, 0.15) is 0 Å². The predicted octanol–water partition coefficient (Wildman–Crippen LogP) is 2.09. The van der Waals surface area contributed by atoms with Crippen LogP contribution in [-0.2, 0) is 4.79 Å². The van der Waals surface area contributed by atoms with Crippen LogP contribution in [0.25, 0.3) is 0 Å². The van der Waals surface area contributed by atoms with Gasteiger partial charge in [0.05, 0.1) is 4.92 Å². The third kappa shape index (κ3) is 3.26. The van der Waals surface area contributed by atoms with E-state index in [1.165, 1.54) is 19.1 Å². The number of nitro benzene ring substituents is 1. The molecule has 1 aliphatic heterocycles. The first-order chi connectivity index (χ1) is 9.39. The van der Waals surface area contributed by atoms with Gasteiger partial charge in [0, 0.05) is 43.4 Å². The number of carbonyl (C=O) groups excluding carboxylic acids is 1. The van der Waals surface area contributed by atoms with Crippen molar-refractivity contribution in [1.82, 2.24) is 5.32 Å². The highest BCUT2D eigenvalue weighted by atomic mass is 16.6. The summed E-state index contributed by atoms with van der Waals surface area (Å²) in [5.41, 5.74) is 0.942. The van der Waals surface area contributed by atoms with E-state index in [9.17, 15) is 14.9 Å². The van der Waals surface area contributed by atoms with Crippen molar-refractivity contribution >= 4 is 17.3 Å². The molecule has 20 heavy (non-hydrogen) atoms. The zero-order chi connectivity index (χ0) is 14.8. The van der Waals surface area contributed by atoms with Gasteiger partial charge >= 0.3 is 0 Å². The Kier molecular flexibility index (Phi) is 3.92. The number of hydrogen-bond donors (Lipinski definition) is 1. The summed E-state index contributed by atoms with van der Waals surface area (Å²) >= 11 is 0. The molecular formula is C14H19N3O3. The SMILES string of the molecule is CC(=O)NC1(C)CCN(c2ccc([N+](=O)[O-])cc2)CC1. The summed E-state index contributed by atoms with van der Waals surface area (Å²) < 4.78 is 0. The topological polar surface area (TPSA) is 75.5 Å². The Bertz CT molecular complexity index is 505. The lowest BCUT2D eigenvalue weighted by molar-refractivity contribution is -0.384. The van der Waals surface area contributed by atoms with Crippen LogP contribution in [0, 0.1) is 10.1 Å². The minimum Gasteiger partial charge on any atom is -0.371 e. The summed E-state index contributed by atoms with van der Waals surface area (Å²) in [6.07, 6.45) is 1.73. The van der Waals surface area contributed by atoms with Crippen LogP contribution in [0.5, 0.6) is 0 Å². The quantitative estimate of drug-likeness (QED) is 0.678. The third-order valence-electron chi connectivity index (χ3n) is 3.77. The molecule has 1 aromatic carbocycles. The Morgan fingerprint density at radius 1 is 1.30 bits per heavy atom. The number of piperidine rings is 1. The summed E-state index contributed by atoms with van der Waals surface area (Å²) in [6, 6.07) is 6.60. The van der Waals surface area contributed by atoms with Crippen LogP contribution in [-0.4, -0.2) is 29.5 Å². The molecule has 0 bridgehead atoms. The number of non-ortho nitro benzene ring substituents is 1. The van der Waals surface area contributed by atoms with E-state index >= 15 is 0 Å². The first-order valence-corrected chi connectivity index (χ1v) is 6.68. The second kappa shape index (κ2) is 5.48. The van der Waals surface area contributed by atoms with Crippen LogP contribution in [0.1, 0.15) is 26.7 Å². The van der Waals surface area contributed by atoms with E-state index in [1.54, 1.807) is 12.1 Å². The number of nitro groups is 1. The Balaban J connectivity index is 2.00. The van der Waals surface area contributed by atoms with Gasteiger partial charge in [0.25, 0.3) is 5.69 Å². The lowest BCUT2D eigenvalue weighted by atomic mass is 9.89. The predicted molar refractivity (Wildman–Crippen MR) is 76.8 cm³/mol. The molecule has 108 valence electrons. The number of carbonyl (C=O) groups is 1. The van der Waals surface area contributed by atoms with Gasteiger partial charge in [0.2, 0.25) is 5.91 Å². The molecule has 0 aromatic heterocycles. The van der Waals surface area contributed by atoms with Crippen molar-refractivity contribution in [2.45, 2.75) is 32.2 Å². The molecule has 1 fully saturated rings. The van der Waals surface area contributed by atoms with Crippen molar-refractivity contribution in [3.05, 3.63) is 34.4 Å². The fourth-order valence-electron chi connectivity index (χ4n) is 2.59. The van der Waals surface area contributed by atoms with Gasteiger partial charge in [-0.15, -0.1) is 0 Å². The molecule has 0 unspecified atom stereocenters. The second-order valence-corrected chi connectivity index (χ2v) is 5.50. The minimum atomic E-state index is -0.395. The van der Waals surface area contributed by atoms with Crippen molar-refractivity contribution in [2.75, 3.05) is 18.0 Å². The lowest BCUT2D eigenvalue weighted by Crippen LogP contribution is -2.52. The number of rotatable bonds is 3. The monoisotopic (exact) mass is 277 g/mol. The molecule has 0 spiro atoms. The van der Waals surface area contributed by atoms with Crippen LogP contribution >= 0.6 is 0 Å². The van der Waals surface area contributed by atoms with E-state index < -0.39 is 4.92 Å². The highest BCUT2D eigenvalue weighted by Crippen LogP contribution is 2.27. The van der Waals surface area contributed by atoms with Crippen LogP contribution in [0.2, 0.25) is 0 Å². The molecule has 1 amide bonds. The molecular weight excluding hydrogens is 258 g/mol. The first-order valence-electron chi connectivity index (χ1n) is 6.68. The van der Waals surface area contributed by atoms with Gasteiger partial charge in [0.15, 0.2) is 0 Å². The first kappa shape index (κ1) is 14.3. The highest BCUT2D eigenvalue weighted by Gasteiger charge is 2.30. The highest BCUT2D eigenvalue weighted by molar-refractivity contribution is 5.73. The van der Waals surface area contributed by atoms with Crippen LogP contribution in [0.4, 0.5) is 11.4 Å². The van der Waals surface area contributed by atoms with Crippen LogP contribution < -0.4 is 10.2 Å². The van der Waals surface area contributed by atoms with Crippen molar-refractivity contribution < 1.29 is 9.72 Å². The summed E-state index contributed by atoms with van der Waals surface area (Å²) in [5, 5.41) is 13.6. The van der Waals surface area contributed by atoms with Gasteiger partial charge in [-0.3, -0.25) is 14.9 Å². The molecule has 0 radical (unpaired) electrons. The molecule has 1 N–H and O–H groups in total. The number of benzene rings is 1. The largest absolute Gasteiger partial charge is 0.371 e. The van der Waals surface area contributed by atoms with Gasteiger partial charge in [-0.2, -0.15) is 0 Å². The van der Waals surface area contributed by atoms with Gasteiger partial charge in [-0.1, -0.05) is 0 Å². The van der Waals surface area contributed by atoms with Gasteiger partial charge in [-0.05, 0) is 31.9 Å². The minimum absolute atomic E-state index is 0.00344. The Morgan fingerprint density at radius 3 is 2.30 bits per heavy atom. The van der Waals surface area contributed by atoms with Gasteiger partial charge in [-0.25, -0.2) is 0 Å². The maximum atomic E-state index is 11.2. The molecule has 1 aliphatic rings. The molecule has 1 saturated heterocycles. The standard InChI is InChI=1S/C14H19N3O3/c1-11(18)15-14(2)7-9-16(10-8-14)12-3-5-13(6-4-12)17(19)20/h3-6H,7-10H2,1-2H3,(H,15,18). The fraction of sp³-hybridized carbons (Fsp3) is 0.500. The van der Waals surface area contributed by atoms with Crippen molar-refractivity contribution in [1.29, 1.82) is 0 Å². The lowest BCUT2D eigenvalue weighted by Gasteiger charge is -2.40. The van der Waals surface area contributed by atoms with E-state index in [2.05, 4.69) is 17.1 Å². The Labute approximate surface area is 117 Å². The van der Waals surface area contributed by atoms with E-state index in [4.69, 9.17) is 0 Å². The van der Waals surface area contributed by atoms with Crippen molar-refractivity contribution in [2.24, 2.45) is 0 Å². The molecule has 0 atom stereocenters. The number of hydrogen-bond acceptors (Lipinski definition) is 4. The number of anilines is 1. The molecule has 6 nitrogen and oxygen atoms in total. The average molecular weight is 277 g/mol. The molecule has 1 aromatic rings. The summed E-state index contributed by atoms with van der Waals surface area (Å²) in [7, 11) is 0. The molecule has 6 heteroatoms. The molecule has 0 saturated carbocycles. The van der Waals surface area contributed by atoms with Gasteiger partial charge < -0.3 is 10.2 Å². The Morgan fingerprint density at radius 2 is 1.85 bits per heavy atom. The second-order valence-electron chi connectivity index (χ2n) is 5.50. The zero-order valence-corrected chi connectivity index (χ0v) is 11.8. The number of nitrogens with zero attached hydrogens (tertiary/aromatic N) is 2. The van der Waals surface area contributed by atoms with Crippen LogP contribution in [0.3, 0.4) is 0 Å². The normalized spacial score (nSPS) is 17.6. The summed E-state index contributed by atoms with van der Waals surface area (Å²) in [5.74, 6) is -0.00344. The third-order valence-corrected chi connectivity index (χ3v) is 3.77. The number of nitrogens with one attached hydrogen (secondary N) is 1. The maximum absolute atomic E-state index is 11.2. The molecule has 2 rings (SSSR count). The van der Waals surface area contributed by atoms with Crippen LogP contribution in [0.15, 0.2) is 24.3 Å². The number of amides is 1. The smallest absolute Gasteiger partial charge is 0.269 e. The van der Waals surface area contributed by atoms with E-state index in [-0.39, 0.29) is 17.1 Å². The summed E-state index contributed by atoms with van der Waals surface area (Å²) in [4.78, 5) is 23.6. The molecule has 0 aliphatic carbocycles. The van der Waals surface area contributed by atoms with Crippen molar-refractivity contribution in [3.63, 3.8) is 0 Å².